The number of hydrogen-bond donors (Lipinski definition) is 2. The summed E-state index contributed by atoms with van der Waals surface area (Å²) in [6.45, 7) is 2.01. The lowest BCUT2D eigenvalue weighted by atomic mass is 9.94. The van der Waals surface area contributed by atoms with Crippen LogP contribution in [-0.4, -0.2) is 44.2 Å². The number of carbonyl (C=O) groups is 3. The maximum Gasteiger partial charge on any atom is 0.303 e. The minimum Gasteiger partial charge on any atom is -0.507 e. The number of carboxylic acid groups (broad SMARTS) is 1. The second-order valence-corrected chi connectivity index (χ2v) is 7.92. The smallest absolute Gasteiger partial charge is 0.303 e. The average Bonchev–Trinajstić information content (AvgIpc) is 3.03. The lowest BCUT2D eigenvalue weighted by Crippen LogP contribution is -2.30. The van der Waals surface area contributed by atoms with Crippen LogP contribution in [0.1, 0.15) is 48.4 Å². The van der Waals surface area contributed by atoms with Gasteiger partial charge in [0.15, 0.2) is 0 Å². The monoisotopic (exact) mass is 452 g/mol. The van der Waals surface area contributed by atoms with E-state index in [1.165, 1.54) is 23.1 Å². The molecule has 0 saturated carbocycles. The number of hydrogen-bond acceptors (Lipinski definition) is 6. The van der Waals surface area contributed by atoms with Crippen molar-refractivity contribution in [1.29, 1.82) is 0 Å². The van der Waals surface area contributed by atoms with E-state index in [-0.39, 0.29) is 30.0 Å². The van der Waals surface area contributed by atoms with Gasteiger partial charge in [-0.3, -0.25) is 24.5 Å². The van der Waals surface area contributed by atoms with Gasteiger partial charge in [-0.05, 0) is 25.3 Å². The quantitative estimate of drug-likeness (QED) is 0.147. The molecule has 9 nitrogen and oxygen atoms in total. The topological polar surface area (TPSA) is 138 Å². The highest BCUT2D eigenvalue weighted by Gasteiger charge is 2.46. The number of benzene rings is 2. The van der Waals surface area contributed by atoms with E-state index in [1.54, 1.807) is 30.3 Å². The summed E-state index contributed by atoms with van der Waals surface area (Å²) >= 11 is 0. The van der Waals surface area contributed by atoms with E-state index in [0.717, 1.165) is 5.56 Å². The van der Waals surface area contributed by atoms with Crippen molar-refractivity contribution in [3.63, 3.8) is 0 Å². The average molecular weight is 452 g/mol. The van der Waals surface area contributed by atoms with E-state index in [2.05, 4.69) is 0 Å². The number of carboxylic acids is 1. The summed E-state index contributed by atoms with van der Waals surface area (Å²) < 4.78 is 0. The van der Waals surface area contributed by atoms with Crippen molar-refractivity contribution in [3.05, 3.63) is 80.9 Å². The number of rotatable bonds is 9. The summed E-state index contributed by atoms with van der Waals surface area (Å²) in [5.74, 6) is -2.93. The number of aliphatic hydroxyl groups excluding tert-OH is 1. The molecule has 2 aromatic rings. The van der Waals surface area contributed by atoms with E-state index in [4.69, 9.17) is 5.11 Å². The van der Waals surface area contributed by atoms with Crippen LogP contribution in [-0.2, 0) is 14.4 Å². The number of aliphatic hydroxyl groups is 1. The molecule has 2 aromatic carbocycles. The Balaban J connectivity index is 2.02. The molecule has 0 spiro atoms. The third-order valence-corrected chi connectivity index (χ3v) is 5.55. The first-order chi connectivity index (χ1) is 15.7. The van der Waals surface area contributed by atoms with E-state index < -0.39 is 28.6 Å². The zero-order valence-electron chi connectivity index (χ0n) is 18.1. The van der Waals surface area contributed by atoms with Crippen molar-refractivity contribution in [3.8, 4) is 0 Å². The molecule has 0 aromatic heterocycles. The number of carbonyl (C=O) groups excluding carboxylic acids is 2. The number of nitrogens with zero attached hydrogens (tertiary/aromatic N) is 2. The zero-order chi connectivity index (χ0) is 24.1. The van der Waals surface area contributed by atoms with Crippen molar-refractivity contribution in [1.82, 2.24) is 4.90 Å². The number of aryl methyl sites for hydroxylation is 1. The Hall–Kier alpha value is -4.01. The molecule has 1 saturated heterocycles. The van der Waals surface area contributed by atoms with Gasteiger partial charge in [-0.25, -0.2) is 0 Å². The number of non-ortho nitro benzene ring substituents is 1. The summed E-state index contributed by atoms with van der Waals surface area (Å²) in [5.41, 5.74) is 1.31. The lowest BCUT2D eigenvalue weighted by molar-refractivity contribution is -0.384. The molecule has 9 heteroatoms. The number of aliphatic carboxylic acids is 1. The molecule has 1 aliphatic rings. The lowest BCUT2D eigenvalue weighted by Gasteiger charge is -2.25. The van der Waals surface area contributed by atoms with Crippen molar-refractivity contribution in [2.45, 2.75) is 38.6 Å². The summed E-state index contributed by atoms with van der Waals surface area (Å²) in [6, 6.07) is 11.4. The SMILES string of the molecule is Cc1ccc(/C(O)=C2/C(=O)C(=O)N(CCCCCC(=O)O)C2c2cccc([N+](=O)[O-])c2)cc1. The van der Waals surface area contributed by atoms with Crippen LogP contribution in [0.5, 0.6) is 0 Å². The second-order valence-electron chi connectivity index (χ2n) is 7.92. The van der Waals surface area contributed by atoms with Gasteiger partial charge in [0, 0.05) is 30.7 Å². The fourth-order valence-electron chi connectivity index (χ4n) is 3.87. The van der Waals surface area contributed by atoms with Gasteiger partial charge in [-0.2, -0.15) is 0 Å². The minimum atomic E-state index is -0.995. The Kier molecular flexibility index (Phi) is 7.22. The Morgan fingerprint density at radius 3 is 2.39 bits per heavy atom. The number of unbranched alkanes of at least 4 members (excludes halogenated alkanes) is 2. The molecule has 33 heavy (non-hydrogen) atoms. The Morgan fingerprint density at radius 1 is 1.06 bits per heavy atom. The fourth-order valence-corrected chi connectivity index (χ4v) is 3.87. The molecular weight excluding hydrogens is 428 g/mol. The molecule has 0 radical (unpaired) electrons. The highest BCUT2D eigenvalue weighted by molar-refractivity contribution is 6.46. The van der Waals surface area contributed by atoms with E-state index in [9.17, 15) is 29.6 Å². The third-order valence-electron chi connectivity index (χ3n) is 5.55. The maximum atomic E-state index is 13.0. The fraction of sp³-hybridized carbons (Fsp3) is 0.292. The minimum absolute atomic E-state index is 0.000546. The van der Waals surface area contributed by atoms with Crippen LogP contribution in [0.25, 0.3) is 5.76 Å². The maximum absolute atomic E-state index is 13.0. The van der Waals surface area contributed by atoms with Gasteiger partial charge in [0.05, 0.1) is 16.5 Å². The first-order valence-corrected chi connectivity index (χ1v) is 10.5. The van der Waals surface area contributed by atoms with Crippen LogP contribution in [0.4, 0.5) is 5.69 Å². The highest BCUT2D eigenvalue weighted by atomic mass is 16.6. The first kappa shape index (κ1) is 23.6. The molecule has 2 N–H and O–H groups in total. The van der Waals surface area contributed by atoms with Gasteiger partial charge in [-0.1, -0.05) is 48.4 Å². The largest absolute Gasteiger partial charge is 0.507 e. The van der Waals surface area contributed by atoms with Gasteiger partial charge in [0.25, 0.3) is 17.4 Å². The number of amides is 1. The van der Waals surface area contributed by atoms with Crippen molar-refractivity contribution in [2.24, 2.45) is 0 Å². The zero-order valence-corrected chi connectivity index (χ0v) is 18.1. The number of nitro benzene ring substituents is 1. The van der Waals surface area contributed by atoms with E-state index in [0.29, 0.717) is 30.4 Å². The standard InChI is InChI=1S/C24H24N2O7/c1-15-9-11-16(12-10-15)22(29)20-21(17-6-5-7-18(14-17)26(32)33)25(24(31)23(20)30)13-4-2-3-8-19(27)28/h5-7,9-12,14,21,29H,2-4,8,13H2,1H3,(H,27,28)/b22-20-. The van der Waals surface area contributed by atoms with Crippen LogP contribution in [0.15, 0.2) is 54.1 Å². The Morgan fingerprint density at radius 2 is 1.76 bits per heavy atom. The summed E-state index contributed by atoms with van der Waals surface area (Å²) in [6.07, 6.45) is 1.38. The molecule has 1 heterocycles. The second kappa shape index (κ2) is 10.1. The number of likely N-dealkylation sites (tertiary alicyclic amines) is 1. The Labute approximate surface area is 190 Å². The van der Waals surface area contributed by atoms with Crippen LogP contribution in [0, 0.1) is 17.0 Å². The highest BCUT2D eigenvalue weighted by Crippen LogP contribution is 2.40. The molecule has 172 valence electrons. The summed E-state index contributed by atoms with van der Waals surface area (Å²) in [7, 11) is 0. The van der Waals surface area contributed by atoms with Gasteiger partial charge >= 0.3 is 5.97 Å². The molecule has 1 aliphatic heterocycles. The number of Topliss-reactive ketones (excluding diaryl/α,β-unsaturated/α-hetero) is 1. The summed E-state index contributed by atoms with van der Waals surface area (Å²) in [5, 5.41) is 31.1. The van der Waals surface area contributed by atoms with Gasteiger partial charge in [-0.15, -0.1) is 0 Å². The van der Waals surface area contributed by atoms with Crippen molar-refractivity contribution < 1.29 is 29.5 Å². The van der Waals surface area contributed by atoms with Crippen LogP contribution in [0.2, 0.25) is 0 Å². The van der Waals surface area contributed by atoms with Gasteiger partial charge in [0.2, 0.25) is 0 Å². The van der Waals surface area contributed by atoms with Gasteiger partial charge < -0.3 is 15.1 Å². The predicted molar refractivity (Wildman–Crippen MR) is 119 cm³/mol. The van der Waals surface area contributed by atoms with Crippen LogP contribution >= 0.6 is 0 Å². The van der Waals surface area contributed by atoms with E-state index >= 15 is 0 Å². The predicted octanol–water partition coefficient (Wildman–Crippen LogP) is 3.97. The van der Waals surface area contributed by atoms with Crippen molar-refractivity contribution in [2.75, 3.05) is 6.54 Å². The molecule has 1 unspecified atom stereocenters. The normalized spacial score (nSPS) is 17.4. The van der Waals surface area contributed by atoms with Gasteiger partial charge in [0.1, 0.15) is 5.76 Å². The van der Waals surface area contributed by atoms with Crippen LogP contribution in [0.3, 0.4) is 0 Å². The molecule has 1 amide bonds. The van der Waals surface area contributed by atoms with Crippen molar-refractivity contribution >= 4 is 29.1 Å². The number of ketones is 1. The third kappa shape index (κ3) is 5.25. The molecule has 1 fully saturated rings. The number of nitro groups is 1. The van der Waals surface area contributed by atoms with E-state index in [1.807, 2.05) is 6.92 Å². The van der Waals surface area contributed by atoms with Crippen LogP contribution < -0.4 is 0 Å². The molecule has 1 atom stereocenters. The molecule has 3 rings (SSSR count). The summed E-state index contributed by atoms with van der Waals surface area (Å²) in [4.78, 5) is 48.6. The first-order valence-electron chi connectivity index (χ1n) is 10.5. The molecular formula is C24H24N2O7. The Bertz CT molecular complexity index is 1120. The molecule has 0 aliphatic carbocycles. The molecule has 0 bridgehead atoms.